The zero-order valence-corrected chi connectivity index (χ0v) is 10.6. The SMILES string of the molecule is Cl.Cl.NN1CCN=C1c1nc2ccccc2[nH]1. The number of H-pyrrole nitrogens is 1. The zero-order valence-electron chi connectivity index (χ0n) is 8.96. The van der Waals surface area contributed by atoms with Gasteiger partial charge in [-0.05, 0) is 12.1 Å². The number of nitrogens with one attached hydrogen (secondary N) is 1. The summed E-state index contributed by atoms with van der Waals surface area (Å²) >= 11 is 0. The fourth-order valence-electron chi connectivity index (χ4n) is 1.73. The molecule has 0 unspecified atom stereocenters. The number of imidazole rings is 1. The highest BCUT2D eigenvalue weighted by Gasteiger charge is 2.18. The molecule has 2 heterocycles. The first-order chi connectivity index (χ1) is 7.34. The van der Waals surface area contributed by atoms with Crippen molar-refractivity contribution in [2.75, 3.05) is 13.1 Å². The van der Waals surface area contributed by atoms with Crippen molar-refractivity contribution in [2.45, 2.75) is 0 Å². The van der Waals surface area contributed by atoms with Crippen molar-refractivity contribution in [2.24, 2.45) is 10.8 Å². The summed E-state index contributed by atoms with van der Waals surface area (Å²) in [7, 11) is 0. The Labute approximate surface area is 111 Å². The average molecular weight is 274 g/mol. The predicted molar refractivity (Wildman–Crippen MR) is 72.9 cm³/mol. The number of hydrogen-bond donors (Lipinski definition) is 2. The largest absolute Gasteiger partial charge is 0.335 e. The summed E-state index contributed by atoms with van der Waals surface area (Å²) in [6.07, 6.45) is 0. The summed E-state index contributed by atoms with van der Waals surface area (Å²) in [4.78, 5) is 11.9. The van der Waals surface area contributed by atoms with Gasteiger partial charge in [0.25, 0.3) is 0 Å². The Bertz CT molecular complexity index is 503. The van der Waals surface area contributed by atoms with Crippen LogP contribution in [0.2, 0.25) is 0 Å². The van der Waals surface area contributed by atoms with Gasteiger partial charge in [0, 0.05) is 0 Å². The van der Waals surface area contributed by atoms with Crippen LogP contribution in [0.15, 0.2) is 29.3 Å². The van der Waals surface area contributed by atoms with Gasteiger partial charge >= 0.3 is 0 Å². The van der Waals surface area contributed by atoms with E-state index in [1.54, 1.807) is 5.01 Å². The normalized spacial score (nSPS) is 14.2. The molecule has 92 valence electrons. The molecule has 3 N–H and O–H groups in total. The molecule has 7 heteroatoms. The van der Waals surface area contributed by atoms with Crippen LogP contribution < -0.4 is 5.84 Å². The maximum absolute atomic E-state index is 5.78. The number of halogens is 2. The molecule has 0 aliphatic carbocycles. The molecule has 0 spiro atoms. The molecule has 1 aliphatic heterocycles. The number of benzene rings is 1. The Morgan fingerprint density at radius 3 is 2.65 bits per heavy atom. The van der Waals surface area contributed by atoms with Crippen LogP contribution in [0, 0.1) is 0 Å². The average Bonchev–Trinajstić information content (AvgIpc) is 2.82. The van der Waals surface area contributed by atoms with E-state index in [1.165, 1.54) is 0 Å². The van der Waals surface area contributed by atoms with Crippen molar-refractivity contribution in [1.82, 2.24) is 15.0 Å². The minimum absolute atomic E-state index is 0. The van der Waals surface area contributed by atoms with E-state index in [0.717, 1.165) is 35.8 Å². The van der Waals surface area contributed by atoms with E-state index in [1.807, 2.05) is 24.3 Å². The monoisotopic (exact) mass is 273 g/mol. The van der Waals surface area contributed by atoms with E-state index in [2.05, 4.69) is 15.0 Å². The van der Waals surface area contributed by atoms with Crippen LogP contribution in [0.3, 0.4) is 0 Å². The Morgan fingerprint density at radius 1 is 1.24 bits per heavy atom. The molecule has 1 aliphatic rings. The van der Waals surface area contributed by atoms with Crippen molar-refractivity contribution in [3.05, 3.63) is 30.1 Å². The van der Waals surface area contributed by atoms with Gasteiger partial charge in [0.05, 0.1) is 24.1 Å². The molecular formula is C10H13Cl2N5. The molecular weight excluding hydrogens is 261 g/mol. The Hall–Kier alpha value is -1.30. The van der Waals surface area contributed by atoms with Crippen molar-refractivity contribution in [3.63, 3.8) is 0 Å². The third-order valence-electron chi connectivity index (χ3n) is 2.48. The van der Waals surface area contributed by atoms with Crippen LogP contribution >= 0.6 is 24.8 Å². The third-order valence-corrected chi connectivity index (χ3v) is 2.48. The summed E-state index contributed by atoms with van der Waals surface area (Å²) in [5.74, 6) is 7.26. The molecule has 1 aromatic carbocycles. The maximum atomic E-state index is 5.78. The molecule has 0 radical (unpaired) electrons. The smallest absolute Gasteiger partial charge is 0.181 e. The number of nitrogens with two attached hydrogens (primary N) is 1. The maximum Gasteiger partial charge on any atom is 0.181 e. The van der Waals surface area contributed by atoms with Crippen molar-refractivity contribution in [3.8, 4) is 0 Å². The number of fused-ring (bicyclic) bond motifs is 1. The third kappa shape index (κ3) is 2.36. The number of hydrazine groups is 1. The van der Waals surface area contributed by atoms with E-state index < -0.39 is 0 Å². The molecule has 2 aromatic rings. The molecule has 0 bridgehead atoms. The van der Waals surface area contributed by atoms with E-state index in [9.17, 15) is 0 Å². The molecule has 5 nitrogen and oxygen atoms in total. The highest BCUT2D eigenvalue weighted by atomic mass is 35.5. The van der Waals surface area contributed by atoms with Crippen LogP contribution in [0.25, 0.3) is 11.0 Å². The topological polar surface area (TPSA) is 70.3 Å². The minimum Gasteiger partial charge on any atom is -0.335 e. The molecule has 0 fully saturated rings. The van der Waals surface area contributed by atoms with Crippen LogP contribution in [0.1, 0.15) is 5.82 Å². The number of aliphatic imine (C=N–C) groups is 1. The zero-order chi connectivity index (χ0) is 10.3. The molecule has 3 rings (SSSR count). The number of nitrogens with zero attached hydrogens (tertiary/aromatic N) is 3. The first-order valence-corrected chi connectivity index (χ1v) is 4.86. The molecule has 17 heavy (non-hydrogen) atoms. The standard InChI is InChI=1S/C10H11N5.2ClH/c11-15-6-5-12-10(15)9-13-7-3-1-2-4-8(7)14-9;;/h1-4H,5-6,11H2,(H,13,14);2*1H. The summed E-state index contributed by atoms with van der Waals surface area (Å²) in [5.41, 5.74) is 1.95. The Balaban J connectivity index is 0.000000722. The molecule has 0 saturated heterocycles. The highest BCUT2D eigenvalue weighted by Crippen LogP contribution is 2.12. The number of rotatable bonds is 1. The van der Waals surface area contributed by atoms with Gasteiger partial charge in [0.15, 0.2) is 11.7 Å². The Morgan fingerprint density at radius 2 is 2.00 bits per heavy atom. The molecule has 0 amide bonds. The van der Waals surface area contributed by atoms with E-state index >= 15 is 0 Å². The van der Waals surface area contributed by atoms with Crippen LogP contribution in [-0.2, 0) is 0 Å². The van der Waals surface area contributed by atoms with Crippen molar-refractivity contribution in [1.29, 1.82) is 0 Å². The van der Waals surface area contributed by atoms with Gasteiger partial charge in [-0.1, -0.05) is 12.1 Å². The summed E-state index contributed by atoms with van der Waals surface area (Å²) in [6, 6.07) is 7.89. The van der Waals surface area contributed by atoms with Gasteiger partial charge in [-0.3, -0.25) is 10.0 Å². The first-order valence-electron chi connectivity index (χ1n) is 4.86. The van der Waals surface area contributed by atoms with Gasteiger partial charge in [0.2, 0.25) is 0 Å². The van der Waals surface area contributed by atoms with E-state index in [0.29, 0.717) is 0 Å². The minimum atomic E-state index is 0. The second-order valence-electron chi connectivity index (χ2n) is 3.50. The number of para-hydroxylation sites is 2. The lowest BCUT2D eigenvalue weighted by atomic mass is 10.3. The number of amidine groups is 1. The lowest BCUT2D eigenvalue weighted by Crippen LogP contribution is -2.35. The predicted octanol–water partition coefficient (Wildman–Crippen LogP) is 1.34. The van der Waals surface area contributed by atoms with Gasteiger partial charge in [0.1, 0.15) is 0 Å². The molecule has 0 saturated carbocycles. The lowest BCUT2D eigenvalue weighted by molar-refractivity contribution is 0.482. The van der Waals surface area contributed by atoms with Gasteiger partial charge in [-0.25, -0.2) is 10.8 Å². The van der Waals surface area contributed by atoms with Gasteiger partial charge in [-0.15, -0.1) is 24.8 Å². The number of hydrogen-bond acceptors (Lipinski definition) is 4. The fourth-order valence-corrected chi connectivity index (χ4v) is 1.73. The summed E-state index contributed by atoms with van der Waals surface area (Å²) in [6.45, 7) is 1.50. The summed E-state index contributed by atoms with van der Waals surface area (Å²) < 4.78 is 0. The summed E-state index contributed by atoms with van der Waals surface area (Å²) in [5, 5.41) is 1.62. The van der Waals surface area contributed by atoms with Crippen LogP contribution in [-0.4, -0.2) is 33.9 Å². The van der Waals surface area contributed by atoms with Crippen molar-refractivity contribution >= 4 is 41.7 Å². The van der Waals surface area contributed by atoms with Crippen LogP contribution in [0.5, 0.6) is 0 Å². The Kier molecular flexibility index (Phi) is 4.34. The highest BCUT2D eigenvalue weighted by molar-refractivity contribution is 5.98. The molecule has 0 atom stereocenters. The van der Waals surface area contributed by atoms with Gasteiger partial charge < -0.3 is 4.98 Å². The fraction of sp³-hybridized carbons (Fsp3) is 0.200. The van der Waals surface area contributed by atoms with E-state index in [4.69, 9.17) is 5.84 Å². The molecule has 1 aromatic heterocycles. The second-order valence-corrected chi connectivity index (χ2v) is 3.50. The van der Waals surface area contributed by atoms with Crippen LogP contribution in [0.4, 0.5) is 0 Å². The second kappa shape index (κ2) is 5.35. The quantitative estimate of drug-likeness (QED) is 0.771. The number of aromatic nitrogens is 2. The number of aromatic amines is 1. The first kappa shape index (κ1) is 13.8. The van der Waals surface area contributed by atoms with E-state index in [-0.39, 0.29) is 24.8 Å². The van der Waals surface area contributed by atoms with Gasteiger partial charge in [-0.2, -0.15) is 0 Å². The van der Waals surface area contributed by atoms with Crippen molar-refractivity contribution < 1.29 is 0 Å². The lowest BCUT2D eigenvalue weighted by Gasteiger charge is -2.09.